The Kier molecular flexibility index (Phi) is 6.32. The number of rotatable bonds is 3. The summed E-state index contributed by atoms with van der Waals surface area (Å²) in [5, 5.41) is 5.62. The summed E-state index contributed by atoms with van der Waals surface area (Å²) in [6.45, 7) is 4.61. The number of hydrogen-bond donors (Lipinski definition) is 2. The number of halogens is 3. The van der Waals surface area contributed by atoms with Crippen molar-refractivity contribution in [3.05, 3.63) is 29.8 Å². The molecule has 2 rings (SSSR count). The van der Waals surface area contributed by atoms with Crippen LogP contribution in [0.25, 0.3) is 0 Å². The number of carbonyl (C=O) groups excluding carboxylic acids is 1. The third-order valence-electron chi connectivity index (χ3n) is 3.19. The van der Waals surface area contributed by atoms with Gasteiger partial charge in [0, 0.05) is 31.7 Å². The van der Waals surface area contributed by atoms with Gasteiger partial charge in [-0.2, -0.15) is 0 Å². The van der Waals surface area contributed by atoms with Crippen molar-refractivity contribution in [2.45, 2.75) is 13.0 Å². The lowest BCUT2D eigenvalue weighted by Gasteiger charge is -2.33. The molecular weight excluding hydrogens is 288 g/mol. The molecule has 0 radical (unpaired) electrons. The molecule has 2 N–H and O–H groups in total. The number of carbonyl (C=O) groups is 1. The van der Waals surface area contributed by atoms with E-state index in [2.05, 4.69) is 10.6 Å². The summed E-state index contributed by atoms with van der Waals surface area (Å²) in [5.74, 6) is -1.55. The monoisotopic (exact) mass is 305 g/mol. The lowest BCUT2D eigenvalue weighted by molar-refractivity contribution is -0.118. The maximum atomic E-state index is 13.4. The molecule has 0 aliphatic carbocycles. The molecule has 1 atom stereocenters. The van der Waals surface area contributed by atoms with Gasteiger partial charge in [-0.05, 0) is 19.1 Å². The molecule has 112 valence electrons. The van der Waals surface area contributed by atoms with Crippen LogP contribution in [0.3, 0.4) is 0 Å². The van der Waals surface area contributed by atoms with Gasteiger partial charge >= 0.3 is 0 Å². The summed E-state index contributed by atoms with van der Waals surface area (Å²) in [7, 11) is 0. The number of nitrogens with zero attached hydrogens (tertiary/aromatic N) is 1. The minimum Gasteiger partial charge on any atom is -0.322 e. The molecule has 1 fully saturated rings. The lowest BCUT2D eigenvalue weighted by Crippen LogP contribution is -2.52. The number of nitrogens with one attached hydrogen (secondary N) is 2. The first-order valence-electron chi connectivity index (χ1n) is 6.26. The first-order chi connectivity index (χ1) is 9.06. The SMILES string of the molecule is C[C@H]1CNCCN1CC(=O)Nc1cc(F)ccc1F.Cl. The number of benzene rings is 1. The molecule has 1 aromatic carbocycles. The molecule has 0 unspecified atom stereocenters. The molecule has 1 heterocycles. The molecular formula is C13H18ClF2N3O. The quantitative estimate of drug-likeness (QED) is 0.892. The van der Waals surface area contributed by atoms with Crippen LogP contribution in [0, 0.1) is 11.6 Å². The normalized spacial score (nSPS) is 19.2. The summed E-state index contributed by atoms with van der Waals surface area (Å²) < 4.78 is 26.4. The van der Waals surface area contributed by atoms with Crippen molar-refractivity contribution in [2.24, 2.45) is 0 Å². The second-order valence-corrected chi connectivity index (χ2v) is 4.70. The number of piperazine rings is 1. The Balaban J connectivity index is 0.00000200. The fourth-order valence-corrected chi connectivity index (χ4v) is 2.09. The fourth-order valence-electron chi connectivity index (χ4n) is 2.09. The van der Waals surface area contributed by atoms with Crippen molar-refractivity contribution in [3.8, 4) is 0 Å². The zero-order chi connectivity index (χ0) is 13.8. The van der Waals surface area contributed by atoms with Gasteiger partial charge in [-0.1, -0.05) is 0 Å². The van der Waals surface area contributed by atoms with Crippen LogP contribution in [-0.2, 0) is 4.79 Å². The van der Waals surface area contributed by atoms with Crippen molar-refractivity contribution in [1.29, 1.82) is 0 Å². The lowest BCUT2D eigenvalue weighted by atomic mass is 10.2. The Morgan fingerprint density at radius 3 is 2.95 bits per heavy atom. The molecule has 20 heavy (non-hydrogen) atoms. The van der Waals surface area contributed by atoms with E-state index in [0.717, 1.165) is 37.8 Å². The standard InChI is InChI=1S/C13H17F2N3O.ClH/c1-9-7-16-4-5-18(9)8-13(19)17-12-6-10(14)2-3-11(12)15;/h2-3,6,9,16H,4-5,7-8H2,1H3,(H,17,19);1H/t9-;/m0./s1. The molecule has 1 aliphatic rings. The van der Waals surface area contributed by atoms with E-state index < -0.39 is 11.6 Å². The summed E-state index contributed by atoms with van der Waals surface area (Å²) in [4.78, 5) is 13.8. The number of amides is 1. The van der Waals surface area contributed by atoms with E-state index in [-0.39, 0.29) is 36.6 Å². The van der Waals surface area contributed by atoms with Gasteiger partial charge in [-0.15, -0.1) is 12.4 Å². The summed E-state index contributed by atoms with van der Waals surface area (Å²) >= 11 is 0. The highest BCUT2D eigenvalue weighted by molar-refractivity contribution is 5.92. The van der Waals surface area contributed by atoms with Crippen LogP contribution >= 0.6 is 12.4 Å². The zero-order valence-corrected chi connectivity index (χ0v) is 12.0. The van der Waals surface area contributed by atoms with Crippen molar-refractivity contribution in [3.63, 3.8) is 0 Å². The van der Waals surface area contributed by atoms with Crippen LogP contribution < -0.4 is 10.6 Å². The Bertz CT molecular complexity index is 473. The summed E-state index contributed by atoms with van der Waals surface area (Å²) in [6, 6.07) is 3.24. The van der Waals surface area contributed by atoms with Crippen LogP contribution in [0.2, 0.25) is 0 Å². The van der Waals surface area contributed by atoms with Crippen LogP contribution in [-0.4, -0.2) is 43.0 Å². The predicted molar refractivity (Wildman–Crippen MR) is 76.1 cm³/mol. The highest BCUT2D eigenvalue weighted by atomic mass is 35.5. The predicted octanol–water partition coefficient (Wildman–Crippen LogP) is 1.62. The van der Waals surface area contributed by atoms with Crippen molar-refractivity contribution in [2.75, 3.05) is 31.5 Å². The molecule has 1 aromatic rings. The van der Waals surface area contributed by atoms with E-state index in [1.165, 1.54) is 0 Å². The molecule has 0 aromatic heterocycles. The summed E-state index contributed by atoms with van der Waals surface area (Å²) in [5.41, 5.74) is -0.118. The molecule has 0 spiro atoms. The Labute approximate surface area is 122 Å². The largest absolute Gasteiger partial charge is 0.322 e. The maximum Gasteiger partial charge on any atom is 0.238 e. The smallest absolute Gasteiger partial charge is 0.238 e. The molecule has 4 nitrogen and oxygen atoms in total. The minimum absolute atomic E-state index is 0. The van der Waals surface area contributed by atoms with E-state index in [1.807, 2.05) is 11.8 Å². The Morgan fingerprint density at radius 2 is 2.25 bits per heavy atom. The maximum absolute atomic E-state index is 13.4. The van der Waals surface area contributed by atoms with Crippen molar-refractivity contribution in [1.82, 2.24) is 10.2 Å². The van der Waals surface area contributed by atoms with Gasteiger partial charge in [-0.3, -0.25) is 9.69 Å². The molecule has 0 bridgehead atoms. The Morgan fingerprint density at radius 1 is 1.50 bits per heavy atom. The number of anilines is 1. The van der Waals surface area contributed by atoms with Gasteiger partial charge in [0.15, 0.2) is 0 Å². The van der Waals surface area contributed by atoms with Crippen LogP contribution in [0.4, 0.5) is 14.5 Å². The highest BCUT2D eigenvalue weighted by Crippen LogP contribution is 2.15. The average Bonchev–Trinajstić information content (AvgIpc) is 2.37. The first kappa shape index (κ1) is 16.8. The second kappa shape index (κ2) is 7.52. The first-order valence-corrected chi connectivity index (χ1v) is 6.26. The minimum atomic E-state index is -0.636. The van der Waals surface area contributed by atoms with Gasteiger partial charge in [0.2, 0.25) is 5.91 Å². The van der Waals surface area contributed by atoms with Crippen LogP contribution in [0.5, 0.6) is 0 Å². The average molecular weight is 306 g/mol. The van der Waals surface area contributed by atoms with Gasteiger partial charge < -0.3 is 10.6 Å². The highest BCUT2D eigenvalue weighted by Gasteiger charge is 2.20. The molecule has 1 saturated heterocycles. The Hall–Kier alpha value is -1.24. The van der Waals surface area contributed by atoms with Gasteiger partial charge in [0.1, 0.15) is 11.6 Å². The van der Waals surface area contributed by atoms with E-state index in [0.29, 0.717) is 0 Å². The molecule has 1 amide bonds. The number of hydrogen-bond acceptors (Lipinski definition) is 3. The van der Waals surface area contributed by atoms with Crippen LogP contribution in [0.1, 0.15) is 6.92 Å². The van der Waals surface area contributed by atoms with E-state index >= 15 is 0 Å². The van der Waals surface area contributed by atoms with Gasteiger partial charge in [-0.25, -0.2) is 8.78 Å². The molecule has 7 heteroatoms. The topological polar surface area (TPSA) is 44.4 Å². The summed E-state index contributed by atoms with van der Waals surface area (Å²) in [6.07, 6.45) is 0. The third kappa shape index (κ3) is 4.40. The van der Waals surface area contributed by atoms with E-state index in [4.69, 9.17) is 0 Å². The van der Waals surface area contributed by atoms with E-state index in [1.54, 1.807) is 0 Å². The zero-order valence-electron chi connectivity index (χ0n) is 11.2. The third-order valence-corrected chi connectivity index (χ3v) is 3.19. The molecule has 1 aliphatic heterocycles. The van der Waals surface area contributed by atoms with Gasteiger partial charge in [0.25, 0.3) is 0 Å². The van der Waals surface area contributed by atoms with Crippen molar-refractivity contribution >= 4 is 24.0 Å². The fraction of sp³-hybridized carbons (Fsp3) is 0.462. The van der Waals surface area contributed by atoms with E-state index in [9.17, 15) is 13.6 Å². The van der Waals surface area contributed by atoms with Gasteiger partial charge in [0.05, 0.1) is 12.2 Å². The molecule has 0 saturated carbocycles. The van der Waals surface area contributed by atoms with Crippen molar-refractivity contribution < 1.29 is 13.6 Å². The second-order valence-electron chi connectivity index (χ2n) is 4.70. The van der Waals surface area contributed by atoms with Crippen LogP contribution in [0.15, 0.2) is 18.2 Å².